The van der Waals surface area contributed by atoms with Gasteiger partial charge in [-0.3, -0.25) is 0 Å². The fourth-order valence-electron chi connectivity index (χ4n) is 2.24. The van der Waals surface area contributed by atoms with Crippen molar-refractivity contribution in [1.82, 2.24) is 0 Å². The van der Waals surface area contributed by atoms with Gasteiger partial charge < -0.3 is 5.73 Å². The minimum Gasteiger partial charge on any atom is -0.330 e. The Morgan fingerprint density at radius 3 is 2.40 bits per heavy atom. The molecule has 2 N–H and O–H groups in total. The van der Waals surface area contributed by atoms with Crippen LogP contribution in [0.15, 0.2) is 12.1 Å². The summed E-state index contributed by atoms with van der Waals surface area (Å²) in [6.45, 7) is 1.96. The van der Waals surface area contributed by atoms with Gasteiger partial charge in [-0.1, -0.05) is 18.6 Å². The van der Waals surface area contributed by atoms with Crippen LogP contribution in [0.3, 0.4) is 0 Å². The maximum atomic E-state index is 13.7. The van der Waals surface area contributed by atoms with E-state index in [4.69, 9.17) is 5.73 Å². The SMILES string of the molecule is Cc1ccc(C2(CN)CCC2)c(F)c1F. The molecule has 0 amide bonds. The lowest BCUT2D eigenvalue weighted by Crippen LogP contribution is -2.42. The van der Waals surface area contributed by atoms with Crippen molar-refractivity contribution in [1.29, 1.82) is 0 Å². The molecule has 1 aromatic rings. The number of benzene rings is 1. The Kier molecular flexibility index (Phi) is 2.51. The van der Waals surface area contributed by atoms with Crippen LogP contribution in [0.1, 0.15) is 30.4 Å². The quantitative estimate of drug-likeness (QED) is 0.799. The monoisotopic (exact) mass is 211 g/mol. The molecule has 3 heteroatoms. The standard InChI is InChI=1S/C12H15F2N/c1-8-3-4-9(11(14)10(8)13)12(7-15)5-2-6-12/h3-4H,2,5-7,15H2,1H3. The number of hydrogen-bond donors (Lipinski definition) is 1. The van der Waals surface area contributed by atoms with Gasteiger partial charge in [0.15, 0.2) is 11.6 Å². The number of rotatable bonds is 2. The van der Waals surface area contributed by atoms with Gasteiger partial charge in [-0.05, 0) is 30.9 Å². The first-order valence-corrected chi connectivity index (χ1v) is 5.26. The fraction of sp³-hybridized carbons (Fsp3) is 0.500. The summed E-state index contributed by atoms with van der Waals surface area (Å²) in [6, 6.07) is 3.31. The van der Waals surface area contributed by atoms with Crippen molar-refractivity contribution in [2.24, 2.45) is 5.73 Å². The van der Waals surface area contributed by atoms with Crippen molar-refractivity contribution in [2.75, 3.05) is 6.54 Å². The lowest BCUT2D eigenvalue weighted by molar-refractivity contribution is 0.242. The number of aryl methyl sites for hydroxylation is 1. The molecular weight excluding hydrogens is 196 g/mol. The average molecular weight is 211 g/mol. The second-order valence-electron chi connectivity index (χ2n) is 4.40. The van der Waals surface area contributed by atoms with E-state index < -0.39 is 11.6 Å². The van der Waals surface area contributed by atoms with Crippen LogP contribution in [0, 0.1) is 18.6 Å². The minimum absolute atomic E-state index is 0.307. The molecule has 1 aromatic carbocycles. The van der Waals surface area contributed by atoms with Crippen molar-refractivity contribution in [3.8, 4) is 0 Å². The van der Waals surface area contributed by atoms with E-state index in [0.717, 1.165) is 19.3 Å². The summed E-state index contributed by atoms with van der Waals surface area (Å²) >= 11 is 0. The maximum absolute atomic E-state index is 13.7. The van der Waals surface area contributed by atoms with Gasteiger partial charge in [-0.25, -0.2) is 8.78 Å². The van der Waals surface area contributed by atoms with Crippen molar-refractivity contribution in [2.45, 2.75) is 31.6 Å². The topological polar surface area (TPSA) is 26.0 Å². The first-order chi connectivity index (χ1) is 7.10. The molecule has 1 aliphatic rings. The highest BCUT2D eigenvalue weighted by Gasteiger charge is 2.40. The molecule has 1 fully saturated rings. The summed E-state index contributed by atoms with van der Waals surface area (Å²) in [5.74, 6) is -1.44. The predicted octanol–water partition coefficient (Wildman–Crippen LogP) is 2.65. The van der Waals surface area contributed by atoms with E-state index in [1.807, 2.05) is 0 Å². The molecule has 0 saturated heterocycles. The Morgan fingerprint density at radius 2 is 1.93 bits per heavy atom. The lowest BCUT2D eigenvalue weighted by atomic mass is 9.64. The van der Waals surface area contributed by atoms with Crippen LogP contribution in [0.4, 0.5) is 8.78 Å². The summed E-state index contributed by atoms with van der Waals surface area (Å²) in [6.07, 6.45) is 2.78. The van der Waals surface area contributed by atoms with Crippen LogP contribution < -0.4 is 5.73 Å². The third-order valence-electron chi connectivity index (χ3n) is 3.55. The van der Waals surface area contributed by atoms with Gasteiger partial charge in [0.25, 0.3) is 0 Å². The summed E-state index contributed by atoms with van der Waals surface area (Å²) in [5, 5.41) is 0. The van der Waals surface area contributed by atoms with Gasteiger partial charge >= 0.3 is 0 Å². The van der Waals surface area contributed by atoms with E-state index in [-0.39, 0.29) is 5.41 Å². The highest BCUT2D eigenvalue weighted by Crippen LogP contribution is 2.44. The normalized spacial score (nSPS) is 18.7. The highest BCUT2D eigenvalue weighted by atomic mass is 19.2. The minimum atomic E-state index is -0.729. The summed E-state index contributed by atoms with van der Waals surface area (Å²) < 4.78 is 27.1. The molecule has 1 saturated carbocycles. The van der Waals surface area contributed by atoms with Crippen LogP contribution in [-0.2, 0) is 5.41 Å². The smallest absolute Gasteiger partial charge is 0.162 e. The first kappa shape index (κ1) is 10.6. The maximum Gasteiger partial charge on any atom is 0.162 e. The van der Waals surface area contributed by atoms with E-state index in [1.165, 1.54) is 0 Å². The molecule has 0 heterocycles. The van der Waals surface area contributed by atoms with Gasteiger partial charge in [-0.2, -0.15) is 0 Å². The molecule has 1 aliphatic carbocycles. The Morgan fingerprint density at radius 1 is 1.27 bits per heavy atom. The van der Waals surface area contributed by atoms with Gasteiger partial charge in [0.1, 0.15) is 0 Å². The zero-order valence-electron chi connectivity index (χ0n) is 8.82. The molecule has 2 rings (SSSR count). The summed E-state index contributed by atoms with van der Waals surface area (Å²) in [7, 11) is 0. The van der Waals surface area contributed by atoms with Crippen LogP contribution >= 0.6 is 0 Å². The third kappa shape index (κ3) is 1.46. The van der Waals surface area contributed by atoms with E-state index >= 15 is 0 Å². The van der Waals surface area contributed by atoms with E-state index in [1.54, 1.807) is 19.1 Å². The van der Waals surface area contributed by atoms with Crippen molar-refractivity contribution in [3.05, 3.63) is 34.9 Å². The molecule has 0 radical (unpaired) electrons. The molecular formula is C12H15F2N. The van der Waals surface area contributed by atoms with Crippen LogP contribution in [-0.4, -0.2) is 6.54 Å². The molecule has 0 aromatic heterocycles. The van der Waals surface area contributed by atoms with Gasteiger partial charge in [0.05, 0.1) is 0 Å². The fourth-order valence-corrected chi connectivity index (χ4v) is 2.24. The van der Waals surface area contributed by atoms with E-state index in [2.05, 4.69) is 0 Å². The Balaban J connectivity index is 2.49. The van der Waals surface area contributed by atoms with Crippen molar-refractivity contribution >= 4 is 0 Å². The van der Waals surface area contributed by atoms with Crippen molar-refractivity contribution < 1.29 is 8.78 Å². The van der Waals surface area contributed by atoms with Gasteiger partial charge in [0.2, 0.25) is 0 Å². The van der Waals surface area contributed by atoms with Gasteiger partial charge in [0, 0.05) is 12.0 Å². The van der Waals surface area contributed by atoms with Gasteiger partial charge in [-0.15, -0.1) is 0 Å². The summed E-state index contributed by atoms with van der Waals surface area (Å²) in [5.41, 5.74) is 6.17. The average Bonchev–Trinajstić information content (AvgIpc) is 2.17. The third-order valence-corrected chi connectivity index (χ3v) is 3.55. The van der Waals surface area contributed by atoms with Crippen molar-refractivity contribution in [3.63, 3.8) is 0 Å². The Labute approximate surface area is 88.3 Å². The predicted molar refractivity (Wildman–Crippen MR) is 55.7 cm³/mol. The molecule has 0 atom stereocenters. The molecule has 0 unspecified atom stereocenters. The molecule has 15 heavy (non-hydrogen) atoms. The molecule has 82 valence electrons. The van der Waals surface area contributed by atoms with Crippen LogP contribution in [0.2, 0.25) is 0 Å². The second kappa shape index (κ2) is 3.56. The lowest BCUT2D eigenvalue weighted by Gasteiger charge is -2.41. The zero-order valence-corrected chi connectivity index (χ0v) is 8.82. The number of hydrogen-bond acceptors (Lipinski definition) is 1. The largest absolute Gasteiger partial charge is 0.330 e. The first-order valence-electron chi connectivity index (χ1n) is 5.26. The molecule has 1 nitrogen and oxygen atoms in total. The Bertz CT molecular complexity index is 378. The van der Waals surface area contributed by atoms with E-state index in [9.17, 15) is 8.78 Å². The second-order valence-corrected chi connectivity index (χ2v) is 4.40. The number of nitrogens with two attached hydrogens (primary N) is 1. The van der Waals surface area contributed by atoms with E-state index in [0.29, 0.717) is 17.7 Å². The molecule has 0 aliphatic heterocycles. The highest BCUT2D eigenvalue weighted by molar-refractivity contribution is 5.34. The summed E-state index contributed by atoms with van der Waals surface area (Å²) in [4.78, 5) is 0. The van der Waals surface area contributed by atoms with Crippen LogP contribution in [0.5, 0.6) is 0 Å². The molecule has 0 bridgehead atoms. The number of halogens is 2. The Hall–Kier alpha value is -0.960. The van der Waals surface area contributed by atoms with Crippen LogP contribution in [0.25, 0.3) is 0 Å². The zero-order chi connectivity index (χ0) is 11.1. The molecule has 0 spiro atoms.